The molecule has 7 nitrogen and oxygen atoms in total. The van der Waals surface area contributed by atoms with E-state index in [-0.39, 0.29) is 0 Å². The Morgan fingerprint density at radius 3 is 2.82 bits per heavy atom. The molecule has 1 aromatic carbocycles. The monoisotopic (exact) mass is 294 g/mol. The Hall–Kier alpha value is -3.22. The first-order valence-corrected chi connectivity index (χ1v) is 6.51. The molecule has 0 radical (unpaired) electrons. The number of rotatable bonds is 3. The first kappa shape index (κ1) is 12.5. The van der Waals surface area contributed by atoms with Crippen molar-refractivity contribution in [1.29, 1.82) is 0 Å². The Bertz CT molecular complexity index is 931. The van der Waals surface area contributed by atoms with Crippen LogP contribution in [0.3, 0.4) is 0 Å². The lowest BCUT2D eigenvalue weighted by molar-refractivity contribution is 0.415. The third-order valence-electron chi connectivity index (χ3n) is 3.20. The molecule has 4 rings (SSSR count). The number of aromatic nitrogens is 4. The van der Waals surface area contributed by atoms with Crippen molar-refractivity contribution in [2.75, 3.05) is 7.11 Å². The Morgan fingerprint density at radius 2 is 2.00 bits per heavy atom. The van der Waals surface area contributed by atoms with Gasteiger partial charge < -0.3 is 13.7 Å². The summed E-state index contributed by atoms with van der Waals surface area (Å²) in [5.74, 6) is 1.48. The fraction of sp³-hybridized carbons (Fsp3) is 0.0667. The number of pyridine rings is 1. The first-order valence-electron chi connectivity index (χ1n) is 6.51. The van der Waals surface area contributed by atoms with E-state index in [1.165, 1.54) is 12.7 Å². The van der Waals surface area contributed by atoms with Crippen LogP contribution in [0.25, 0.3) is 34.0 Å². The summed E-state index contributed by atoms with van der Waals surface area (Å²) in [6.45, 7) is 0. The largest absolute Gasteiger partial charge is 0.497 e. The fourth-order valence-electron chi connectivity index (χ4n) is 2.10. The molecule has 3 heterocycles. The van der Waals surface area contributed by atoms with Crippen molar-refractivity contribution in [2.24, 2.45) is 0 Å². The van der Waals surface area contributed by atoms with Crippen molar-refractivity contribution < 1.29 is 13.7 Å². The number of hydrogen-bond donors (Lipinski definition) is 0. The average molecular weight is 294 g/mol. The molecule has 0 N–H and O–H groups in total. The average Bonchev–Trinajstić information content (AvgIpc) is 3.24. The Balaban J connectivity index is 1.75. The molecule has 4 aromatic rings. The lowest BCUT2D eigenvalue weighted by Crippen LogP contribution is -1.88. The van der Waals surface area contributed by atoms with Crippen molar-refractivity contribution in [3.8, 4) is 28.9 Å². The van der Waals surface area contributed by atoms with E-state index in [4.69, 9.17) is 13.7 Å². The van der Waals surface area contributed by atoms with Gasteiger partial charge >= 0.3 is 0 Å². The van der Waals surface area contributed by atoms with E-state index in [9.17, 15) is 0 Å². The molecular weight excluding hydrogens is 284 g/mol. The van der Waals surface area contributed by atoms with Crippen LogP contribution in [-0.2, 0) is 0 Å². The molecule has 0 amide bonds. The Labute approximate surface area is 124 Å². The van der Waals surface area contributed by atoms with Gasteiger partial charge in [0, 0.05) is 5.39 Å². The van der Waals surface area contributed by atoms with Crippen LogP contribution in [0.2, 0.25) is 0 Å². The van der Waals surface area contributed by atoms with Crippen molar-refractivity contribution in [2.45, 2.75) is 0 Å². The standard InChI is InChI=1S/C15H10N4O3/c1-20-10-3-5-11-9(6-10)2-4-12(17-11)14-18-15(22-19-14)13-7-21-8-16-13/h2-8H,1H3. The maximum Gasteiger partial charge on any atom is 0.280 e. The minimum Gasteiger partial charge on any atom is -0.497 e. The number of nitrogens with zero attached hydrogens (tertiary/aromatic N) is 4. The molecule has 108 valence electrons. The first-order chi connectivity index (χ1) is 10.8. The predicted octanol–water partition coefficient (Wildman–Crippen LogP) is 2.95. The zero-order valence-corrected chi connectivity index (χ0v) is 11.6. The number of fused-ring (bicyclic) bond motifs is 1. The van der Waals surface area contributed by atoms with E-state index < -0.39 is 0 Å². The molecule has 0 saturated carbocycles. The second-order valence-electron chi connectivity index (χ2n) is 4.55. The highest BCUT2D eigenvalue weighted by atomic mass is 16.5. The topological polar surface area (TPSA) is 87.1 Å². The van der Waals surface area contributed by atoms with Gasteiger partial charge in [0.15, 0.2) is 12.1 Å². The number of methoxy groups -OCH3 is 1. The second-order valence-corrected chi connectivity index (χ2v) is 4.55. The zero-order valence-electron chi connectivity index (χ0n) is 11.6. The summed E-state index contributed by atoms with van der Waals surface area (Å²) in [5.41, 5.74) is 1.94. The summed E-state index contributed by atoms with van der Waals surface area (Å²) < 4.78 is 15.3. The van der Waals surface area contributed by atoms with Gasteiger partial charge in [-0.25, -0.2) is 9.97 Å². The molecule has 0 aliphatic heterocycles. The van der Waals surface area contributed by atoms with Gasteiger partial charge in [-0.3, -0.25) is 0 Å². The van der Waals surface area contributed by atoms with Gasteiger partial charge in [-0.1, -0.05) is 11.2 Å². The van der Waals surface area contributed by atoms with Gasteiger partial charge in [0.05, 0.1) is 12.6 Å². The minimum absolute atomic E-state index is 0.292. The predicted molar refractivity (Wildman–Crippen MR) is 77.1 cm³/mol. The van der Waals surface area contributed by atoms with Crippen LogP contribution in [-0.4, -0.2) is 27.2 Å². The van der Waals surface area contributed by atoms with Gasteiger partial charge in [-0.15, -0.1) is 0 Å². The van der Waals surface area contributed by atoms with E-state index in [0.29, 0.717) is 23.1 Å². The number of ether oxygens (including phenoxy) is 1. The lowest BCUT2D eigenvalue weighted by Gasteiger charge is -2.02. The van der Waals surface area contributed by atoms with Gasteiger partial charge in [0.2, 0.25) is 5.82 Å². The highest BCUT2D eigenvalue weighted by Gasteiger charge is 2.14. The maximum atomic E-state index is 5.20. The SMILES string of the molecule is COc1ccc2nc(-c3noc(-c4cocn4)n3)ccc2c1. The van der Waals surface area contributed by atoms with Crippen molar-refractivity contribution in [3.63, 3.8) is 0 Å². The Kier molecular flexibility index (Phi) is 2.82. The molecule has 7 heteroatoms. The lowest BCUT2D eigenvalue weighted by atomic mass is 10.2. The van der Waals surface area contributed by atoms with E-state index in [0.717, 1.165) is 16.7 Å². The summed E-state index contributed by atoms with van der Waals surface area (Å²) >= 11 is 0. The quantitative estimate of drug-likeness (QED) is 0.574. The van der Waals surface area contributed by atoms with Crippen molar-refractivity contribution in [1.82, 2.24) is 20.1 Å². The fourth-order valence-corrected chi connectivity index (χ4v) is 2.10. The maximum absolute atomic E-state index is 5.20. The molecular formula is C15H10N4O3. The third kappa shape index (κ3) is 2.08. The molecule has 3 aromatic heterocycles. The summed E-state index contributed by atoms with van der Waals surface area (Å²) in [7, 11) is 1.63. The van der Waals surface area contributed by atoms with E-state index >= 15 is 0 Å². The second kappa shape index (κ2) is 4.96. The molecule has 0 fully saturated rings. The van der Waals surface area contributed by atoms with Crippen LogP contribution in [0.1, 0.15) is 0 Å². The van der Waals surface area contributed by atoms with E-state index in [2.05, 4.69) is 20.1 Å². The smallest absolute Gasteiger partial charge is 0.280 e. The van der Waals surface area contributed by atoms with Crippen molar-refractivity contribution in [3.05, 3.63) is 43.0 Å². The Morgan fingerprint density at radius 1 is 1.05 bits per heavy atom. The molecule has 0 saturated heterocycles. The number of oxazole rings is 1. The summed E-state index contributed by atoms with van der Waals surface area (Å²) in [6, 6.07) is 9.43. The summed E-state index contributed by atoms with van der Waals surface area (Å²) in [5, 5.41) is 4.90. The normalized spacial score (nSPS) is 11.0. The van der Waals surface area contributed by atoms with Gasteiger partial charge in [0.25, 0.3) is 5.89 Å². The summed E-state index contributed by atoms with van der Waals surface area (Å²) in [4.78, 5) is 12.8. The van der Waals surface area contributed by atoms with Crippen LogP contribution in [0.15, 0.2) is 51.9 Å². The van der Waals surface area contributed by atoms with Crippen LogP contribution >= 0.6 is 0 Å². The minimum atomic E-state index is 0.292. The highest BCUT2D eigenvalue weighted by Crippen LogP contribution is 2.24. The molecule has 0 aliphatic rings. The van der Waals surface area contributed by atoms with Gasteiger partial charge in [-0.2, -0.15) is 4.98 Å². The van der Waals surface area contributed by atoms with Crippen LogP contribution in [0, 0.1) is 0 Å². The van der Waals surface area contributed by atoms with E-state index in [1.54, 1.807) is 7.11 Å². The number of benzene rings is 1. The highest BCUT2D eigenvalue weighted by molar-refractivity contribution is 5.82. The molecule has 0 bridgehead atoms. The van der Waals surface area contributed by atoms with Gasteiger partial charge in [0.1, 0.15) is 17.7 Å². The molecule has 0 spiro atoms. The zero-order chi connectivity index (χ0) is 14.9. The molecule has 0 atom stereocenters. The van der Waals surface area contributed by atoms with Crippen LogP contribution in [0.5, 0.6) is 5.75 Å². The van der Waals surface area contributed by atoms with Crippen LogP contribution in [0.4, 0.5) is 0 Å². The molecule has 0 unspecified atom stereocenters. The third-order valence-corrected chi connectivity index (χ3v) is 3.20. The van der Waals surface area contributed by atoms with Crippen LogP contribution < -0.4 is 4.74 Å². The van der Waals surface area contributed by atoms with Gasteiger partial charge in [-0.05, 0) is 24.3 Å². The molecule has 0 aliphatic carbocycles. The summed E-state index contributed by atoms with van der Waals surface area (Å²) in [6.07, 6.45) is 2.75. The number of hydrogen-bond acceptors (Lipinski definition) is 7. The van der Waals surface area contributed by atoms with Crippen molar-refractivity contribution >= 4 is 10.9 Å². The van der Waals surface area contributed by atoms with E-state index in [1.807, 2.05) is 30.3 Å². The molecule has 22 heavy (non-hydrogen) atoms.